The molecule has 146 valence electrons. The fourth-order valence-corrected chi connectivity index (χ4v) is 6.39. The van der Waals surface area contributed by atoms with Crippen molar-refractivity contribution in [3.05, 3.63) is 64.2 Å². The van der Waals surface area contributed by atoms with E-state index in [9.17, 15) is 13.2 Å². The lowest BCUT2D eigenvalue weighted by Gasteiger charge is -2.23. The Balaban J connectivity index is 1.32. The van der Waals surface area contributed by atoms with Gasteiger partial charge in [0.1, 0.15) is 0 Å². The summed E-state index contributed by atoms with van der Waals surface area (Å²) in [5.74, 6) is 0.792. The SMILES string of the molecule is CCS(=O)(=O)Nc1ccc(C(=O)CC23CC2C32CCc3cc(Cl)ccc32)cc1. The Kier molecular flexibility index (Phi) is 3.79. The molecule has 0 bridgehead atoms. The molecule has 0 aromatic heterocycles. The Morgan fingerprint density at radius 3 is 2.64 bits per heavy atom. The highest BCUT2D eigenvalue weighted by atomic mass is 35.5. The summed E-state index contributed by atoms with van der Waals surface area (Å²) < 4.78 is 25.8. The van der Waals surface area contributed by atoms with Gasteiger partial charge in [0.25, 0.3) is 0 Å². The number of fused-ring (bicyclic) bond motifs is 5. The number of nitrogens with one attached hydrogen (secondary N) is 1. The Morgan fingerprint density at radius 1 is 1.21 bits per heavy atom. The number of benzene rings is 2. The van der Waals surface area contributed by atoms with Crippen molar-refractivity contribution in [3.63, 3.8) is 0 Å². The molecule has 0 heterocycles. The molecule has 2 fully saturated rings. The lowest BCUT2D eigenvalue weighted by atomic mass is 9.80. The van der Waals surface area contributed by atoms with Crippen LogP contribution < -0.4 is 4.72 Å². The Bertz CT molecular complexity index is 1100. The second-order valence-electron chi connectivity index (χ2n) is 8.37. The maximum Gasteiger partial charge on any atom is 0.232 e. The number of rotatable bonds is 6. The van der Waals surface area contributed by atoms with E-state index in [1.165, 1.54) is 11.1 Å². The number of aryl methyl sites for hydroxylation is 1. The van der Waals surface area contributed by atoms with Gasteiger partial charge in [-0.1, -0.05) is 17.7 Å². The molecule has 3 unspecified atom stereocenters. The monoisotopic (exact) mass is 415 g/mol. The standard InChI is InChI=1S/C22H22ClNO3S/c1-2-28(26,27)24-17-6-3-14(4-7-17)19(25)12-21-13-20(21)22(21)10-9-15-11-16(23)5-8-18(15)22/h3-8,11,20,24H,2,9-10,12-13H2,1H3. The van der Waals surface area contributed by atoms with Crippen molar-refractivity contribution in [2.75, 3.05) is 10.5 Å². The molecule has 6 heteroatoms. The summed E-state index contributed by atoms with van der Waals surface area (Å²) in [5.41, 5.74) is 4.22. The first-order valence-electron chi connectivity index (χ1n) is 9.74. The zero-order valence-electron chi connectivity index (χ0n) is 15.7. The van der Waals surface area contributed by atoms with Gasteiger partial charge in [-0.05, 0) is 85.0 Å². The third-order valence-electron chi connectivity index (χ3n) is 7.15. The van der Waals surface area contributed by atoms with Crippen LogP contribution in [0.15, 0.2) is 42.5 Å². The third kappa shape index (κ3) is 2.49. The summed E-state index contributed by atoms with van der Waals surface area (Å²) in [5, 5.41) is 0.786. The van der Waals surface area contributed by atoms with Gasteiger partial charge >= 0.3 is 0 Å². The van der Waals surface area contributed by atoms with Crippen molar-refractivity contribution in [2.24, 2.45) is 11.3 Å². The van der Waals surface area contributed by atoms with Crippen molar-refractivity contribution < 1.29 is 13.2 Å². The maximum atomic E-state index is 12.9. The minimum atomic E-state index is -3.31. The van der Waals surface area contributed by atoms with Gasteiger partial charge in [0.2, 0.25) is 10.0 Å². The molecule has 2 saturated carbocycles. The van der Waals surface area contributed by atoms with Crippen LogP contribution in [0.3, 0.4) is 0 Å². The Hall–Kier alpha value is -1.85. The summed E-state index contributed by atoms with van der Waals surface area (Å²) in [6.45, 7) is 1.59. The lowest BCUT2D eigenvalue weighted by molar-refractivity contribution is 0.0958. The zero-order valence-corrected chi connectivity index (χ0v) is 17.2. The molecule has 3 aliphatic carbocycles. The number of hydrogen-bond acceptors (Lipinski definition) is 3. The van der Waals surface area contributed by atoms with E-state index in [1.807, 2.05) is 6.07 Å². The van der Waals surface area contributed by atoms with Gasteiger partial charge in [-0.3, -0.25) is 9.52 Å². The van der Waals surface area contributed by atoms with Gasteiger partial charge in [0.15, 0.2) is 5.78 Å². The molecule has 0 amide bonds. The molecule has 0 saturated heterocycles. The van der Waals surface area contributed by atoms with Crippen LogP contribution in [-0.2, 0) is 21.9 Å². The van der Waals surface area contributed by atoms with E-state index >= 15 is 0 Å². The van der Waals surface area contributed by atoms with E-state index < -0.39 is 10.0 Å². The second-order valence-corrected chi connectivity index (χ2v) is 10.8. The fraction of sp³-hybridized carbons (Fsp3) is 0.409. The van der Waals surface area contributed by atoms with E-state index in [-0.39, 0.29) is 22.4 Å². The third-order valence-corrected chi connectivity index (χ3v) is 8.69. The van der Waals surface area contributed by atoms with Gasteiger partial charge in [0, 0.05) is 28.1 Å². The summed E-state index contributed by atoms with van der Waals surface area (Å²) in [6, 6.07) is 13.0. The highest BCUT2D eigenvalue weighted by Crippen LogP contribution is 2.92. The lowest BCUT2D eigenvalue weighted by Crippen LogP contribution is -2.21. The molecule has 0 radical (unpaired) electrons. The number of halogens is 1. The maximum absolute atomic E-state index is 12.9. The molecule has 0 aliphatic heterocycles. The zero-order chi connectivity index (χ0) is 19.7. The topological polar surface area (TPSA) is 63.2 Å². The molecule has 3 atom stereocenters. The van der Waals surface area contributed by atoms with Crippen molar-refractivity contribution in [1.29, 1.82) is 0 Å². The molecule has 2 aromatic carbocycles. The summed E-state index contributed by atoms with van der Waals surface area (Å²) in [4.78, 5) is 12.9. The number of sulfonamides is 1. The Morgan fingerprint density at radius 2 is 1.96 bits per heavy atom. The van der Waals surface area contributed by atoms with E-state index in [2.05, 4.69) is 16.9 Å². The predicted molar refractivity (Wildman–Crippen MR) is 110 cm³/mol. The number of ketones is 1. The number of carbonyl (C=O) groups excluding carboxylic acids is 1. The van der Waals surface area contributed by atoms with Crippen LogP contribution in [0.25, 0.3) is 0 Å². The average molecular weight is 416 g/mol. The quantitative estimate of drug-likeness (QED) is 0.702. The molecular formula is C22H22ClNO3S. The van der Waals surface area contributed by atoms with Crippen molar-refractivity contribution in [2.45, 2.75) is 38.0 Å². The predicted octanol–water partition coefficient (Wildman–Crippen LogP) is 4.58. The van der Waals surface area contributed by atoms with Gasteiger partial charge in [0.05, 0.1) is 5.75 Å². The average Bonchev–Trinajstić information content (AvgIpc) is 3.45. The highest BCUT2D eigenvalue weighted by molar-refractivity contribution is 7.92. The molecule has 5 rings (SSSR count). The van der Waals surface area contributed by atoms with Crippen LogP contribution in [0, 0.1) is 11.3 Å². The molecule has 28 heavy (non-hydrogen) atoms. The van der Waals surface area contributed by atoms with Gasteiger partial charge in [-0.2, -0.15) is 0 Å². The first-order chi connectivity index (χ1) is 13.3. The minimum absolute atomic E-state index is 0.0202. The van der Waals surface area contributed by atoms with Crippen molar-refractivity contribution in [3.8, 4) is 0 Å². The summed E-state index contributed by atoms with van der Waals surface area (Å²) in [6.07, 6.45) is 3.88. The van der Waals surface area contributed by atoms with Gasteiger partial charge in [-0.15, -0.1) is 0 Å². The Labute approximate surface area is 170 Å². The normalized spacial score (nSPS) is 29.3. The fourth-order valence-electron chi connectivity index (χ4n) is 5.56. The molecule has 1 spiro atoms. The highest BCUT2D eigenvalue weighted by Gasteiger charge is 2.89. The smallest absolute Gasteiger partial charge is 0.232 e. The van der Waals surface area contributed by atoms with Crippen LogP contribution in [0.2, 0.25) is 5.02 Å². The first-order valence-corrected chi connectivity index (χ1v) is 11.8. The van der Waals surface area contributed by atoms with Crippen LogP contribution in [-0.4, -0.2) is 20.0 Å². The van der Waals surface area contributed by atoms with E-state index in [1.54, 1.807) is 31.2 Å². The van der Waals surface area contributed by atoms with Gasteiger partial charge in [-0.25, -0.2) is 8.42 Å². The molecule has 2 aromatic rings. The van der Waals surface area contributed by atoms with Crippen molar-refractivity contribution >= 4 is 33.1 Å². The van der Waals surface area contributed by atoms with Crippen LogP contribution >= 0.6 is 11.6 Å². The molecule has 1 N–H and O–H groups in total. The molecule has 4 nitrogen and oxygen atoms in total. The van der Waals surface area contributed by atoms with Crippen LogP contribution in [0.5, 0.6) is 0 Å². The van der Waals surface area contributed by atoms with Crippen LogP contribution in [0.1, 0.15) is 47.7 Å². The molecule has 3 aliphatic rings. The van der Waals surface area contributed by atoms with Gasteiger partial charge < -0.3 is 0 Å². The van der Waals surface area contributed by atoms with Crippen LogP contribution in [0.4, 0.5) is 5.69 Å². The summed E-state index contributed by atoms with van der Waals surface area (Å²) >= 11 is 6.15. The number of Topliss-reactive ketones (excluding diaryl/α,β-unsaturated/α-hetero) is 1. The number of carbonyl (C=O) groups is 1. The number of anilines is 1. The first kappa shape index (κ1) is 18.2. The minimum Gasteiger partial charge on any atom is -0.294 e. The van der Waals surface area contributed by atoms with E-state index in [4.69, 9.17) is 11.6 Å². The van der Waals surface area contributed by atoms with Crippen molar-refractivity contribution in [1.82, 2.24) is 0 Å². The van der Waals surface area contributed by atoms with E-state index in [0.717, 1.165) is 24.3 Å². The van der Waals surface area contributed by atoms with E-state index in [0.29, 0.717) is 23.6 Å². The summed E-state index contributed by atoms with van der Waals surface area (Å²) in [7, 11) is -3.31. The molecular weight excluding hydrogens is 394 g/mol. The number of hydrogen-bond donors (Lipinski definition) is 1. The largest absolute Gasteiger partial charge is 0.294 e. The second kappa shape index (κ2) is 5.83.